The minimum absolute atomic E-state index is 0.199. The summed E-state index contributed by atoms with van der Waals surface area (Å²) in [7, 11) is -3.62. The number of unbranched alkanes of at least 4 members (excludes halogenated alkanes) is 2. The Labute approximate surface area is 226 Å². The van der Waals surface area contributed by atoms with Gasteiger partial charge in [0.15, 0.2) is 4.80 Å². The maximum atomic E-state index is 13.2. The number of carbonyl (C=O) groups excluding carboxylic acids is 1. The van der Waals surface area contributed by atoms with Crippen molar-refractivity contribution in [3.63, 3.8) is 0 Å². The number of rotatable bonds is 13. The molecule has 1 aromatic heterocycles. The molecule has 1 heterocycles. The highest BCUT2D eigenvalue weighted by Gasteiger charge is 2.23. The van der Waals surface area contributed by atoms with Crippen LogP contribution in [0.3, 0.4) is 0 Å². The average Bonchev–Trinajstić information content (AvgIpc) is 3.19. The van der Waals surface area contributed by atoms with Crippen molar-refractivity contribution in [2.24, 2.45) is 4.99 Å². The Morgan fingerprint density at radius 3 is 2.33 bits per heavy atom. The summed E-state index contributed by atoms with van der Waals surface area (Å²) < 4.78 is 37.4. The molecule has 0 radical (unpaired) electrons. The van der Waals surface area contributed by atoms with Crippen LogP contribution < -0.4 is 4.80 Å². The Balaban J connectivity index is 1.90. The fraction of sp³-hybridized carbons (Fsp3) is 0.462. The molecule has 36 heavy (non-hydrogen) atoms. The van der Waals surface area contributed by atoms with Gasteiger partial charge in [-0.05, 0) is 62.2 Å². The monoisotopic (exact) mass is 595 g/mol. The molecular formula is C26H34BrN3O4S2. The summed E-state index contributed by atoms with van der Waals surface area (Å²) in [5, 5.41) is 0. The summed E-state index contributed by atoms with van der Waals surface area (Å²) in [6.07, 6.45) is 3.47. The third-order valence-corrected chi connectivity index (χ3v) is 9.21. The van der Waals surface area contributed by atoms with Gasteiger partial charge >= 0.3 is 0 Å². The Morgan fingerprint density at radius 2 is 1.72 bits per heavy atom. The molecule has 10 heteroatoms. The van der Waals surface area contributed by atoms with E-state index < -0.39 is 15.9 Å². The first-order valence-corrected chi connectivity index (χ1v) is 15.4. The summed E-state index contributed by atoms with van der Waals surface area (Å²) in [5.41, 5.74) is 1.33. The van der Waals surface area contributed by atoms with Gasteiger partial charge in [0.2, 0.25) is 10.0 Å². The lowest BCUT2D eigenvalue weighted by atomic mass is 10.2. The molecule has 0 aliphatic rings. The van der Waals surface area contributed by atoms with E-state index in [2.05, 4.69) is 20.9 Å². The van der Waals surface area contributed by atoms with Crippen LogP contribution in [0.5, 0.6) is 0 Å². The minimum Gasteiger partial charge on any atom is -0.380 e. The second-order valence-electron chi connectivity index (χ2n) is 8.40. The molecule has 3 aromatic rings. The Morgan fingerprint density at radius 1 is 1.06 bits per heavy atom. The molecule has 0 bridgehead atoms. The Bertz CT molecular complexity index is 1320. The number of benzene rings is 2. The number of fused-ring (bicyclic) bond motifs is 1. The zero-order valence-electron chi connectivity index (χ0n) is 21.1. The second kappa shape index (κ2) is 13.6. The molecule has 0 atom stereocenters. The first-order valence-electron chi connectivity index (χ1n) is 12.4. The van der Waals surface area contributed by atoms with Crippen LogP contribution in [0.25, 0.3) is 10.2 Å². The summed E-state index contributed by atoms with van der Waals surface area (Å²) in [6, 6.07) is 12.1. The normalized spacial score (nSPS) is 12.6. The molecule has 0 unspecified atom stereocenters. The van der Waals surface area contributed by atoms with E-state index in [4.69, 9.17) is 4.74 Å². The molecule has 0 spiro atoms. The molecule has 196 valence electrons. The van der Waals surface area contributed by atoms with E-state index in [-0.39, 0.29) is 4.90 Å². The van der Waals surface area contributed by atoms with Crippen molar-refractivity contribution in [2.75, 3.05) is 26.3 Å². The fourth-order valence-corrected chi connectivity index (χ4v) is 6.86. The molecule has 0 saturated heterocycles. The van der Waals surface area contributed by atoms with Gasteiger partial charge in [0.1, 0.15) is 0 Å². The summed E-state index contributed by atoms with van der Waals surface area (Å²) in [6.45, 7) is 8.73. The van der Waals surface area contributed by atoms with Crippen LogP contribution in [0, 0.1) is 0 Å². The van der Waals surface area contributed by atoms with Crippen molar-refractivity contribution in [3.05, 3.63) is 57.3 Å². The van der Waals surface area contributed by atoms with Crippen LogP contribution in [-0.2, 0) is 21.3 Å². The first kappa shape index (κ1) is 28.7. The Hall–Kier alpha value is -1.85. The standard InChI is InChI=1S/C26H34BrN3O4S2/c1-4-7-15-29(16-8-5-2)36(32,33)22-12-9-20(10-13-22)25(31)28-26-30(17-18-34-6-3)23-14-11-21(27)19-24(23)35-26/h9-14,19H,4-8,15-18H2,1-3H3. The molecule has 0 fully saturated rings. The van der Waals surface area contributed by atoms with Crippen molar-refractivity contribution < 1.29 is 17.9 Å². The number of sulfonamides is 1. The molecule has 0 saturated carbocycles. The van der Waals surface area contributed by atoms with E-state index in [9.17, 15) is 13.2 Å². The number of amides is 1. The molecule has 2 aromatic carbocycles. The molecule has 7 nitrogen and oxygen atoms in total. The van der Waals surface area contributed by atoms with E-state index in [1.165, 1.54) is 23.5 Å². The second-order valence-corrected chi connectivity index (χ2v) is 12.3. The molecule has 0 aliphatic heterocycles. The predicted octanol–water partition coefficient (Wildman–Crippen LogP) is 5.83. The number of hydrogen-bond donors (Lipinski definition) is 0. The van der Waals surface area contributed by atoms with Crippen molar-refractivity contribution in [2.45, 2.75) is 57.9 Å². The average molecular weight is 597 g/mol. The van der Waals surface area contributed by atoms with Crippen molar-refractivity contribution in [1.82, 2.24) is 8.87 Å². The number of aromatic nitrogens is 1. The highest BCUT2D eigenvalue weighted by molar-refractivity contribution is 9.10. The molecule has 1 amide bonds. The summed E-state index contributed by atoms with van der Waals surface area (Å²) >= 11 is 4.93. The topological polar surface area (TPSA) is 81.0 Å². The summed E-state index contributed by atoms with van der Waals surface area (Å²) in [5.74, 6) is -0.413. The van der Waals surface area contributed by atoms with E-state index in [0.29, 0.717) is 43.2 Å². The first-order chi connectivity index (χ1) is 17.3. The third-order valence-electron chi connectivity index (χ3n) is 5.77. The van der Waals surface area contributed by atoms with Crippen molar-refractivity contribution in [3.8, 4) is 0 Å². The fourth-order valence-electron chi connectivity index (χ4n) is 3.74. The zero-order valence-corrected chi connectivity index (χ0v) is 24.3. The van der Waals surface area contributed by atoms with Crippen molar-refractivity contribution in [1.29, 1.82) is 0 Å². The van der Waals surface area contributed by atoms with Gasteiger partial charge in [-0.25, -0.2) is 8.42 Å². The van der Waals surface area contributed by atoms with Gasteiger partial charge in [-0.3, -0.25) is 4.79 Å². The van der Waals surface area contributed by atoms with Gasteiger partial charge in [0.25, 0.3) is 5.91 Å². The SMILES string of the molecule is CCCCN(CCCC)S(=O)(=O)c1ccc(C(=O)N=c2sc3cc(Br)ccc3n2CCOCC)cc1. The predicted molar refractivity (Wildman–Crippen MR) is 149 cm³/mol. The van der Waals surface area contributed by atoms with Crippen LogP contribution in [0.15, 0.2) is 56.8 Å². The lowest BCUT2D eigenvalue weighted by Gasteiger charge is -2.22. The van der Waals surface area contributed by atoms with E-state index in [1.807, 2.05) is 43.5 Å². The van der Waals surface area contributed by atoms with Crippen LogP contribution in [-0.4, -0.2) is 49.5 Å². The number of nitrogens with zero attached hydrogens (tertiary/aromatic N) is 3. The zero-order chi connectivity index (χ0) is 26.1. The smallest absolute Gasteiger partial charge is 0.279 e. The van der Waals surface area contributed by atoms with Gasteiger partial charge in [0, 0.05) is 36.3 Å². The molecular weight excluding hydrogens is 562 g/mol. The van der Waals surface area contributed by atoms with Crippen LogP contribution in [0.4, 0.5) is 0 Å². The van der Waals surface area contributed by atoms with Gasteiger partial charge < -0.3 is 9.30 Å². The van der Waals surface area contributed by atoms with E-state index in [0.717, 1.165) is 40.4 Å². The highest BCUT2D eigenvalue weighted by atomic mass is 79.9. The highest BCUT2D eigenvalue weighted by Crippen LogP contribution is 2.23. The van der Waals surface area contributed by atoms with Gasteiger partial charge in [-0.1, -0.05) is 54.0 Å². The molecule has 0 aliphatic carbocycles. The Kier molecular flexibility index (Phi) is 10.9. The number of hydrogen-bond acceptors (Lipinski definition) is 5. The molecule has 3 rings (SSSR count). The quantitative estimate of drug-likeness (QED) is 0.233. The largest absolute Gasteiger partial charge is 0.380 e. The number of carbonyl (C=O) groups is 1. The van der Waals surface area contributed by atoms with Gasteiger partial charge in [0.05, 0.1) is 21.7 Å². The van der Waals surface area contributed by atoms with Crippen LogP contribution >= 0.6 is 27.3 Å². The van der Waals surface area contributed by atoms with E-state index >= 15 is 0 Å². The number of thiazole rings is 1. The maximum Gasteiger partial charge on any atom is 0.279 e. The van der Waals surface area contributed by atoms with E-state index in [1.54, 1.807) is 16.4 Å². The molecule has 0 N–H and O–H groups in total. The third kappa shape index (κ3) is 7.13. The van der Waals surface area contributed by atoms with Crippen LogP contribution in [0.1, 0.15) is 56.8 Å². The number of ether oxygens (including phenoxy) is 1. The van der Waals surface area contributed by atoms with Gasteiger partial charge in [-0.2, -0.15) is 9.30 Å². The van der Waals surface area contributed by atoms with Crippen molar-refractivity contribution >= 4 is 53.4 Å². The maximum absolute atomic E-state index is 13.2. The number of halogens is 1. The minimum atomic E-state index is -3.62. The lowest BCUT2D eigenvalue weighted by Crippen LogP contribution is -2.33. The lowest BCUT2D eigenvalue weighted by molar-refractivity contribution is 0.0996. The summed E-state index contributed by atoms with van der Waals surface area (Å²) in [4.78, 5) is 18.2. The van der Waals surface area contributed by atoms with Crippen LogP contribution in [0.2, 0.25) is 0 Å². The van der Waals surface area contributed by atoms with Gasteiger partial charge in [-0.15, -0.1) is 0 Å².